The SMILES string of the molecule is CC(C)C1(CN2CCCC2(C)C)CCNC1. The standard InChI is InChI=1S/C14H28N2/c1-12(2)14(7-8-15-10-14)11-16-9-5-6-13(16,3)4/h12,15H,5-11H2,1-4H3. The van der Waals surface area contributed by atoms with Crippen LogP contribution < -0.4 is 5.32 Å². The maximum Gasteiger partial charge on any atom is 0.0153 e. The van der Waals surface area contributed by atoms with Gasteiger partial charge in [0.2, 0.25) is 0 Å². The first-order valence-corrected chi connectivity index (χ1v) is 6.92. The average Bonchev–Trinajstić information content (AvgIpc) is 2.76. The third-order valence-corrected chi connectivity index (χ3v) is 5.08. The lowest BCUT2D eigenvalue weighted by Gasteiger charge is -2.42. The van der Waals surface area contributed by atoms with Crippen LogP contribution in [-0.2, 0) is 0 Å². The molecule has 2 fully saturated rings. The molecule has 0 radical (unpaired) electrons. The van der Waals surface area contributed by atoms with Gasteiger partial charge in [0, 0.05) is 18.6 Å². The van der Waals surface area contributed by atoms with Gasteiger partial charge >= 0.3 is 0 Å². The van der Waals surface area contributed by atoms with E-state index in [1.54, 1.807) is 0 Å². The lowest BCUT2D eigenvalue weighted by molar-refractivity contribution is 0.0749. The van der Waals surface area contributed by atoms with Crippen LogP contribution >= 0.6 is 0 Å². The summed E-state index contributed by atoms with van der Waals surface area (Å²) < 4.78 is 0. The van der Waals surface area contributed by atoms with Crippen LogP contribution in [0.25, 0.3) is 0 Å². The molecule has 2 saturated heterocycles. The van der Waals surface area contributed by atoms with Crippen LogP contribution in [0.2, 0.25) is 0 Å². The van der Waals surface area contributed by atoms with Crippen molar-refractivity contribution in [2.75, 3.05) is 26.2 Å². The van der Waals surface area contributed by atoms with Gasteiger partial charge in [-0.3, -0.25) is 4.90 Å². The topological polar surface area (TPSA) is 15.3 Å². The Labute approximate surface area is 101 Å². The minimum absolute atomic E-state index is 0.435. The molecule has 0 aromatic rings. The summed E-state index contributed by atoms with van der Waals surface area (Å²) in [6.07, 6.45) is 4.11. The van der Waals surface area contributed by atoms with E-state index in [9.17, 15) is 0 Å². The van der Waals surface area contributed by atoms with Crippen molar-refractivity contribution < 1.29 is 0 Å². The van der Waals surface area contributed by atoms with Gasteiger partial charge in [0.25, 0.3) is 0 Å². The van der Waals surface area contributed by atoms with E-state index >= 15 is 0 Å². The summed E-state index contributed by atoms with van der Waals surface area (Å²) in [4.78, 5) is 2.74. The highest BCUT2D eigenvalue weighted by Crippen LogP contribution is 2.39. The molecule has 0 aliphatic carbocycles. The average molecular weight is 224 g/mol. The maximum atomic E-state index is 3.57. The van der Waals surface area contributed by atoms with Crippen molar-refractivity contribution >= 4 is 0 Å². The van der Waals surface area contributed by atoms with E-state index in [0.717, 1.165) is 5.92 Å². The summed E-state index contributed by atoms with van der Waals surface area (Å²) in [5.41, 5.74) is 0.964. The molecule has 2 nitrogen and oxygen atoms in total. The van der Waals surface area contributed by atoms with Crippen molar-refractivity contribution in [1.29, 1.82) is 0 Å². The van der Waals surface area contributed by atoms with Gasteiger partial charge in [-0.1, -0.05) is 13.8 Å². The number of hydrogen-bond acceptors (Lipinski definition) is 2. The van der Waals surface area contributed by atoms with Gasteiger partial charge in [0.05, 0.1) is 0 Å². The van der Waals surface area contributed by atoms with E-state index in [0.29, 0.717) is 11.0 Å². The first kappa shape index (κ1) is 12.4. The molecule has 2 aliphatic heterocycles. The number of nitrogens with zero attached hydrogens (tertiary/aromatic N) is 1. The Balaban J connectivity index is 2.06. The van der Waals surface area contributed by atoms with Crippen molar-refractivity contribution in [3.05, 3.63) is 0 Å². The van der Waals surface area contributed by atoms with E-state index in [1.165, 1.54) is 45.4 Å². The molecule has 2 heteroatoms. The van der Waals surface area contributed by atoms with Gasteiger partial charge in [-0.15, -0.1) is 0 Å². The molecule has 1 unspecified atom stereocenters. The van der Waals surface area contributed by atoms with E-state index in [1.807, 2.05) is 0 Å². The largest absolute Gasteiger partial charge is 0.316 e. The Morgan fingerprint density at radius 1 is 1.25 bits per heavy atom. The highest BCUT2D eigenvalue weighted by molar-refractivity contribution is 4.97. The summed E-state index contributed by atoms with van der Waals surface area (Å²) in [6, 6.07) is 0. The number of rotatable bonds is 3. The molecule has 0 saturated carbocycles. The third kappa shape index (κ3) is 2.14. The fourth-order valence-electron chi connectivity index (χ4n) is 3.41. The lowest BCUT2D eigenvalue weighted by Crippen LogP contribution is -2.48. The molecule has 2 heterocycles. The Bertz CT molecular complexity index is 239. The summed E-state index contributed by atoms with van der Waals surface area (Å²) >= 11 is 0. The van der Waals surface area contributed by atoms with Crippen molar-refractivity contribution in [2.45, 2.75) is 52.5 Å². The van der Waals surface area contributed by atoms with Crippen LogP contribution in [0.15, 0.2) is 0 Å². The fourth-order valence-corrected chi connectivity index (χ4v) is 3.41. The zero-order valence-corrected chi connectivity index (χ0v) is 11.5. The molecule has 0 spiro atoms. The molecule has 16 heavy (non-hydrogen) atoms. The molecule has 2 rings (SSSR count). The Morgan fingerprint density at radius 2 is 2.00 bits per heavy atom. The first-order valence-electron chi connectivity index (χ1n) is 6.92. The molecule has 0 aromatic heterocycles. The van der Waals surface area contributed by atoms with Gasteiger partial charge in [-0.2, -0.15) is 0 Å². The summed E-state index contributed by atoms with van der Waals surface area (Å²) in [5, 5.41) is 3.57. The zero-order chi connectivity index (χ0) is 11.8. The van der Waals surface area contributed by atoms with Crippen molar-refractivity contribution in [1.82, 2.24) is 10.2 Å². The van der Waals surface area contributed by atoms with Crippen LogP contribution in [0, 0.1) is 11.3 Å². The van der Waals surface area contributed by atoms with Crippen LogP contribution in [0.3, 0.4) is 0 Å². The Kier molecular flexibility index (Phi) is 3.33. The lowest BCUT2D eigenvalue weighted by atomic mass is 9.75. The zero-order valence-electron chi connectivity index (χ0n) is 11.5. The second kappa shape index (κ2) is 4.30. The van der Waals surface area contributed by atoms with Gasteiger partial charge in [-0.25, -0.2) is 0 Å². The van der Waals surface area contributed by atoms with Crippen LogP contribution in [-0.4, -0.2) is 36.6 Å². The summed E-state index contributed by atoms with van der Waals surface area (Å²) in [5.74, 6) is 0.791. The van der Waals surface area contributed by atoms with E-state index in [-0.39, 0.29) is 0 Å². The summed E-state index contributed by atoms with van der Waals surface area (Å²) in [6.45, 7) is 14.7. The molecule has 0 bridgehead atoms. The number of hydrogen-bond donors (Lipinski definition) is 1. The van der Waals surface area contributed by atoms with Crippen LogP contribution in [0.4, 0.5) is 0 Å². The van der Waals surface area contributed by atoms with E-state index < -0.39 is 0 Å². The fraction of sp³-hybridized carbons (Fsp3) is 1.00. The molecule has 2 aliphatic rings. The van der Waals surface area contributed by atoms with Crippen molar-refractivity contribution in [2.24, 2.45) is 11.3 Å². The highest BCUT2D eigenvalue weighted by atomic mass is 15.2. The van der Waals surface area contributed by atoms with Gasteiger partial charge < -0.3 is 5.32 Å². The molecule has 1 N–H and O–H groups in total. The summed E-state index contributed by atoms with van der Waals surface area (Å²) in [7, 11) is 0. The van der Waals surface area contributed by atoms with Crippen LogP contribution in [0.5, 0.6) is 0 Å². The highest BCUT2D eigenvalue weighted by Gasteiger charge is 2.42. The van der Waals surface area contributed by atoms with Crippen molar-refractivity contribution in [3.63, 3.8) is 0 Å². The number of likely N-dealkylation sites (tertiary alicyclic amines) is 1. The molecular weight excluding hydrogens is 196 g/mol. The van der Waals surface area contributed by atoms with E-state index in [2.05, 4.69) is 37.9 Å². The minimum atomic E-state index is 0.435. The predicted molar refractivity (Wildman–Crippen MR) is 69.6 cm³/mol. The van der Waals surface area contributed by atoms with Gasteiger partial charge in [0.1, 0.15) is 0 Å². The third-order valence-electron chi connectivity index (χ3n) is 5.08. The second-order valence-electron chi connectivity index (χ2n) is 6.78. The van der Waals surface area contributed by atoms with Crippen molar-refractivity contribution in [3.8, 4) is 0 Å². The van der Waals surface area contributed by atoms with Gasteiger partial charge in [-0.05, 0) is 57.5 Å². The monoisotopic (exact) mass is 224 g/mol. The second-order valence-corrected chi connectivity index (χ2v) is 6.78. The minimum Gasteiger partial charge on any atom is -0.316 e. The Morgan fingerprint density at radius 3 is 2.44 bits per heavy atom. The van der Waals surface area contributed by atoms with E-state index in [4.69, 9.17) is 0 Å². The maximum absolute atomic E-state index is 3.57. The normalized spacial score (nSPS) is 35.1. The molecule has 0 amide bonds. The smallest absolute Gasteiger partial charge is 0.0153 e. The molecular formula is C14H28N2. The quantitative estimate of drug-likeness (QED) is 0.792. The Hall–Kier alpha value is -0.0800. The first-order chi connectivity index (χ1) is 7.46. The van der Waals surface area contributed by atoms with Crippen LogP contribution in [0.1, 0.15) is 47.0 Å². The molecule has 0 aromatic carbocycles. The molecule has 94 valence electrons. The number of nitrogens with one attached hydrogen (secondary N) is 1. The molecule has 1 atom stereocenters. The van der Waals surface area contributed by atoms with Gasteiger partial charge in [0.15, 0.2) is 0 Å². The predicted octanol–water partition coefficient (Wildman–Crippen LogP) is 2.50.